The molecule has 1 amide bonds. The minimum atomic E-state index is -0.0227. The number of benzene rings is 1. The predicted octanol–water partition coefficient (Wildman–Crippen LogP) is 3.43. The van der Waals surface area contributed by atoms with E-state index in [2.05, 4.69) is 4.98 Å². The molecule has 1 aromatic carbocycles. The average Bonchev–Trinajstić information content (AvgIpc) is 2.62. The summed E-state index contributed by atoms with van der Waals surface area (Å²) in [5.74, 6) is 0.908. The van der Waals surface area contributed by atoms with Crippen molar-refractivity contribution in [2.45, 2.75) is 39.5 Å². The number of nitrogens with zero attached hydrogens (tertiary/aromatic N) is 2. The van der Waals surface area contributed by atoms with Crippen LogP contribution in [0.4, 0.5) is 0 Å². The average molecular weight is 342 g/mol. The molecule has 2 aromatic rings. The maximum absolute atomic E-state index is 12.3. The number of carbonyl (C=O) groups is 1. The van der Waals surface area contributed by atoms with Crippen molar-refractivity contribution >= 4 is 5.91 Å². The number of carbonyl (C=O) groups excluding carboxylic acids is 1. The second kappa shape index (κ2) is 9.79. The summed E-state index contributed by atoms with van der Waals surface area (Å²) in [6, 6.07) is 11.7. The van der Waals surface area contributed by atoms with E-state index < -0.39 is 0 Å². The third kappa shape index (κ3) is 6.19. The number of ether oxygens (including phenoxy) is 2. The number of pyridine rings is 1. The Morgan fingerprint density at radius 1 is 1.16 bits per heavy atom. The minimum absolute atomic E-state index is 0.0227. The quantitative estimate of drug-likeness (QED) is 0.700. The molecule has 5 heteroatoms. The van der Waals surface area contributed by atoms with Crippen molar-refractivity contribution < 1.29 is 14.3 Å². The number of aromatic nitrogens is 1. The molecular weight excluding hydrogens is 316 g/mol. The predicted molar refractivity (Wildman–Crippen MR) is 97.2 cm³/mol. The summed E-state index contributed by atoms with van der Waals surface area (Å²) in [6.07, 6.45) is 3.95. The van der Waals surface area contributed by atoms with Gasteiger partial charge in [-0.15, -0.1) is 0 Å². The fraction of sp³-hybridized carbons (Fsp3) is 0.400. The molecule has 2 rings (SSSR count). The van der Waals surface area contributed by atoms with Gasteiger partial charge in [-0.1, -0.05) is 19.1 Å². The van der Waals surface area contributed by atoms with Crippen molar-refractivity contribution in [1.82, 2.24) is 9.88 Å². The molecule has 0 saturated heterocycles. The molecule has 0 saturated carbocycles. The highest BCUT2D eigenvalue weighted by molar-refractivity contribution is 5.75. The first-order chi connectivity index (χ1) is 12.1. The Balaban J connectivity index is 2.08. The zero-order valence-electron chi connectivity index (χ0n) is 15.1. The van der Waals surface area contributed by atoms with Gasteiger partial charge in [0, 0.05) is 39.0 Å². The molecule has 1 heterocycles. The normalized spacial score (nSPS) is 11.8. The van der Waals surface area contributed by atoms with Gasteiger partial charge in [0.25, 0.3) is 0 Å². The van der Waals surface area contributed by atoms with Crippen molar-refractivity contribution in [2.24, 2.45) is 0 Å². The molecule has 0 N–H and O–H groups in total. The van der Waals surface area contributed by atoms with Crippen molar-refractivity contribution in [3.05, 3.63) is 59.9 Å². The van der Waals surface area contributed by atoms with E-state index in [1.54, 1.807) is 19.5 Å². The van der Waals surface area contributed by atoms with Crippen LogP contribution in [0.25, 0.3) is 0 Å². The Morgan fingerprint density at radius 3 is 2.56 bits per heavy atom. The first-order valence-corrected chi connectivity index (χ1v) is 8.53. The van der Waals surface area contributed by atoms with E-state index in [0.29, 0.717) is 26.1 Å². The maximum Gasteiger partial charge on any atom is 0.222 e. The van der Waals surface area contributed by atoms with E-state index in [-0.39, 0.29) is 12.0 Å². The Kier molecular flexibility index (Phi) is 7.41. The first kappa shape index (κ1) is 18.9. The summed E-state index contributed by atoms with van der Waals surface area (Å²) < 4.78 is 10.9. The third-order valence-corrected chi connectivity index (χ3v) is 3.79. The number of hydrogen-bond donors (Lipinski definition) is 0. The van der Waals surface area contributed by atoms with Gasteiger partial charge in [0.2, 0.25) is 5.91 Å². The topological polar surface area (TPSA) is 51.7 Å². The van der Waals surface area contributed by atoms with Crippen LogP contribution >= 0.6 is 0 Å². The fourth-order valence-electron chi connectivity index (χ4n) is 2.60. The Morgan fingerprint density at radius 2 is 1.88 bits per heavy atom. The standard InChI is InChI=1S/C20H26N2O3/c1-4-20(23)22(13-17-8-10-21-11-9-17)14-18-6-5-7-19(12-18)25-16(2)15-24-3/h5-12,16H,4,13-15H2,1-3H3/t16-/m0/s1. The molecule has 0 aliphatic rings. The van der Waals surface area contributed by atoms with E-state index in [1.165, 1.54) is 0 Å². The van der Waals surface area contributed by atoms with Gasteiger partial charge in [0.15, 0.2) is 0 Å². The molecule has 0 bridgehead atoms. The Hall–Kier alpha value is -2.40. The Bertz CT molecular complexity index is 661. The van der Waals surface area contributed by atoms with Gasteiger partial charge >= 0.3 is 0 Å². The zero-order valence-corrected chi connectivity index (χ0v) is 15.1. The van der Waals surface area contributed by atoms with Gasteiger partial charge in [-0.05, 0) is 42.3 Å². The molecule has 1 aromatic heterocycles. The largest absolute Gasteiger partial charge is 0.488 e. The van der Waals surface area contributed by atoms with Crippen LogP contribution in [-0.4, -0.2) is 35.6 Å². The summed E-state index contributed by atoms with van der Waals surface area (Å²) in [5.41, 5.74) is 2.11. The summed E-state index contributed by atoms with van der Waals surface area (Å²) in [5, 5.41) is 0. The molecule has 0 unspecified atom stereocenters. The smallest absolute Gasteiger partial charge is 0.222 e. The highest BCUT2D eigenvalue weighted by Crippen LogP contribution is 2.18. The van der Waals surface area contributed by atoms with E-state index in [0.717, 1.165) is 16.9 Å². The lowest BCUT2D eigenvalue weighted by atomic mass is 10.1. The highest BCUT2D eigenvalue weighted by Gasteiger charge is 2.13. The monoisotopic (exact) mass is 342 g/mol. The fourth-order valence-corrected chi connectivity index (χ4v) is 2.60. The molecular formula is C20H26N2O3. The van der Waals surface area contributed by atoms with Crippen LogP contribution in [0.3, 0.4) is 0 Å². The van der Waals surface area contributed by atoms with E-state index in [4.69, 9.17) is 9.47 Å². The number of methoxy groups -OCH3 is 1. The molecule has 0 radical (unpaired) electrons. The van der Waals surface area contributed by atoms with E-state index in [1.807, 2.05) is 55.1 Å². The van der Waals surface area contributed by atoms with Crippen molar-refractivity contribution in [2.75, 3.05) is 13.7 Å². The second-order valence-electron chi connectivity index (χ2n) is 5.99. The molecule has 0 fully saturated rings. The van der Waals surface area contributed by atoms with Crippen LogP contribution in [0.5, 0.6) is 5.75 Å². The highest BCUT2D eigenvalue weighted by atomic mass is 16.5. The third-order valence-electron chi connectivity index (χ3n) is 3.79. The van der Waals surface area contributed by atoms with Gasteiger partial charge in [0.1, 0.15) is 11.9 Å². The van der Waals surface area contributed by atoms with Crippen molar-refractivity contribution in [3.8, 4) is 5.75 Å². The van der Waals surface area contributed by atoms with Gasteiger partial charge in [-0.25, -0.2) is 0 Å². The van der Waals surface area contributed by atoms with Gasteiger partial charge in [-0.2, -0.15) is 0 Å². The first-order valence-electron chi connectivity index (χ1n) is 8.53. The van der Waals surface area contributed by atoms with Gasteiger partial charge in [0.05, 0.1) is 6.61 Å². The summed E-state index contributed by atoms with van der Waals surface area (Å²) >= 11 is 0. The second-order valence-corrected chi connectivity index (χ2v) is 5.99. The summed E-state index contributed by atoms with van der Waals surface area (Å²) in [4.78, 5) is 18.2. The van der Waals surface area contributed by atoms with E-state index in [9.17, 15) is 4.79 Å². The molecule has 0 aliphatic carbocycles. The lowest BCUT2D eigenvalue weighted by Crippen LogP contribution is -2.29. The summed E-state index contributed by atoms with van der Waals surface area (Å²) in [6.45, 7) is 5.50. The zero-order chi connectivity index (χ0) is 18.1. The number of rotatable bonds is 9. The van der Waals surface area contributed by atoms with Crippen LogP contribution < -0.4 is 4.74 Å². The van der Waals surface area contributed by atoms with Crippen LogP contribution in [-0.2, 0) is 22.6 Å². The van der Waals surface area contributed by atoms with Crippen LogP contribution in [0, 0.1) is 0 Å². The molecule has 5 nitrogen and oxygen atoms in total. The minimum Gasteiger partial charge on any atom is -0.488 e. The maximum atomic E-state index is 12.3. The van der Waals surface area contributed by atoms with Crippen LogP contribution in [0.1, 0.15) is 31.4 Å². The lowest BCUT2D eigenvalue weighted by molar-refractivity contribution is -0.132. The van der Waals surface area contributed by atoms with Gasteiger partial charge < -0.3 is 14.4 Å². The van der Waals surface area contributed by atoms with Gasteiger partial charge in [-0.3, -0.25) is 9.78 Å². The SMILES string of the molecule is CCC(=O)N(Cc1ccncc1)Cc1cccc(O[C@@H](C)COC)c1. The van der Waals surface area contributed by atoms with E-state index >= 15 is 0 Å². The van der Waals surface area contributed by atoms with Crippen molar-refractivity contribution in [1.29, 1.82) is 0 Å². The van der Waals surface area contributed by atoms with Crippen LogP contribution in [0.2, 0.25) is 0 Å². The van der Waals surface area contributed by atoms with Crippen LogP contribution in [0.15, 0.2) is 48.8 Å². The molecule has 1 atom stereocenters. The molecule has 25 heavy (non-hydrogen) atoms. The number of amides is 1. The molecule has 0 spiro atoms. The molecule has 134 valence electrons. The lowest BCUT2D eigenvalue weighted by Gasteiger charge is -2.23. The Labute approximate surface area is 149 Å². The summed E-state index contributed by atoms with van der Waals surface area (Å²) in [7, 11) is 1.66. The van der Waals surface area contributed by atoms with Crippen molar-refractivity contribution in [3.63, 3.8) is 0 Å². The number of hydrogen-bond acceptors (Lipinski definition) is 4. The molecule has 0 aliphatic heterocycles.